The van der Waals surface area contributed by atoms with Gasteiger partial charge in [0.1, 0.15) is 0 Å². The summed E-state index contributed by atoms with van der Waals surface area (Å²) in [6.45, 7) is 3.25. The molecule has 0 N–H and O–H groups in total. The zero-order chi connectivity index (χ0) is 15.5. The Morgan fingerprint density at radius 2 is 2.00 bits per heavy atom. The second-order valence-electron chi connectivity index (χ2n) is 6.81. The third kappa shape index (κ3) is 3.25. The van der Waals surface area contributed by atoms with Crippen LogP contribution in [0.4, 0.5) is 0 Å². The van der Waals surface area contributed by atoms with Crippen LogP contribution in [-0.4, -0.2) is 42.9 Å². The number of allylic oxidation sites excluding steroid dienone is 1. The van der Waals surface area contributed by atoms with Gasteiger partial charge in [0.2, 0.25) is 5.91 Å². The topological polar surface area (TPSA) is 23.6 Å². The van der Waals surface area contributed by atoms with Crippen molar-refractivity contribution in [2.45, 2.75) is 25.8 Å². The molecule has 0 unspecified atom stereocenters. The van der Waals surface area contributed by atoms with Gasteiger partial charge in [-0.05, 0) is 43.2 Å². The molecule has 1 fully saturated rings. The number of piperidine rings is 1. The smallest absolute Gasteiger partial charge is 0.249 e. The second-order valence-corrected chi connectivity index (χ2v) is 6.81. The van der Waals surface area contributed by atoms with E-state index in [1.54, 1.807) is 4.90 Å². The summed E-state index contributed by atoms with van der Waals surface area (Å²) in [5.41, 5.74) is 2.46. The fourth-order valence-electron chi connectivity index (χ4n) is 3.90. The van der Waals surface area contributed by atoms with Crippen molar-refractivity contribution in [3.63, 3.8) is 0 Å². The first-order chi connectivity index (χ1) is 10.6. The number of rotatable bonds is 3. The maximum Gasteiger partial charge on any atom is 0.249 e. The molecular weight excluding hydrogens is 272 g/mol. The van der Waals surface area contributed by atoms with Crippen LogP contribution in [0.2, 0.25) is 0 Å². The maximum absolute atomic E-state index is 12.4. The van der Waals surface area contributed by atoms with Crippen LogP contribution in [0, 0.1) is 11.8 Å². The summed E-state index contributed by atoms with van der Waals surface area (Å²) >= 11 is 0. The fraction of sp³-hybridized carbons (Fsp3) is 0.526. The highest BCUT2D eigenvalue weighted by atomic mass is 16.2. The molecule has 1 aromatic rings. The van der Waals surface area contributed by atoms with Crippen molar-refractivity contribution in [1.82, 2.24) is 9.80 Å². The van der Waals surface area contributed by atoms with Gasteiger partial charge in [-0.25, -0.2) is 0 Å². The van der Waals surface area contributed by atoms with Crippen LogP contribution in [0.1, 0.15) is 24.8 Å². The van der Waals surface area contributed by atoms with Crippen molar-refractivity contribution in [2.24, 2.45) is 11.8 Å². The third-order valence-electron chi connectivity index (χ3n) is 5.02. The van der Waals surface area contributed by atoms with E-state index in [1.807, 2.05) is 14.1 Å². The Hall–Kier alpha value is -1.61. The zero-order valence-corrected chi connectivity index (χ0v) is 13.7. The molecule has 118 valence electrons. The van der Waals surface area contributed by atoms with Gasteiger partial charge in [0.05, 0.1) is 0 Å². The van der Waals surface area contributed by atoms with E-state index in [4.69, 9.17) is 0 Å². The minimum Gasteiger partial charge on any atom is -0.345 e. The van der Waals surface area contributed by atoms with Crippen LogP contribution in [0.25, 0.3) is 0 Å². The van der Waals surface area contributed by atoms with Gasteiger partial charge in [-0.1, -0.05) is 36.4 Å². The lowest BCUT2D eigenvalue weighted by Crippen LogP contribution is -2.44. The molecule has 2 aliphatic rings. The largest absolute Gasteiger partial charge is 0.345 e. The highest BCUT2D eigenvalue weighted by Crippen LogP contribution is 2.37. The summed E-state index contributed by atoms with van der Waals surface area (Å²) in [7, 11) is 3.72. The lowest BCUT2D eigenvalue weighted by molar-refractivity contribution is -0.126. The molecule has 0 saturated carbocycles. The standard InChI is InChI=1S/C19H26N2O/c1-20(2)19(22)18-10-6-9-16-14-21(12-11-17(16)18)13-15-7-4-3-5-8-15/h3-5,7-8,10,16-17H,6,9,11-14H2,1-2H3/t16-,17-/m0/s1. The molecule has 1 amide bonds. The van der Waals surface area contributed by atoms with E-state index >= 15 is 0 Å². The number of fused-ring (bicyclic) bond motifs is 1. The minimum absolute atomic E-state index is 0.214. The van der Waals surface area contributed by atoms with E-state index in [-0.39, 0.29) is 5.91 Å². The van der Waals surface area contributed by atoms with Gasteiger partial charge in [-0.15, -0.1) is 0 Å². The van der Waals surface area contributed by atoms with E-state index in [0.717, 1.165) is 38.0 Å². The molecule has 1 saturated heterocycles. The second kappa shape index (κ2) is 6.66. The number of benzene rings is 1. The van der Waals surface area contributed by atoms with Crippen LogP contribution >= 0.6 is 0 Å². The molecule has 0 spiro atoms. The van der Waals surface area contributed by atoms with Crippen molar-refractivity contribution < 1.29 is 4.79 Å². The van der Waals surface area contributed by atoms with E-state index in [1.165, 1.54) is 12.0 Å². The Labute approximate surface area is 133 Å². The molecule has 3 nitrogen and oxygen atoms in total. The molecule has 3 rings (SSSR count). The molecule has 22 heavy (non-hydrogen) atoms. The summed E-state index contributed by atoms with van der Waals surface area (Å²) in [5, 5.41) is 0. The molecule has 0 aromatic heterocycles. The van der Waals surface area contributed by atoms with Gasteiger partial charge in [0.25, 0.3) is 0 Å². The molecule has 0 radical (unpaired) electrons. The van der Waals surface area contributed by atoms with Crippen LogP contribution < -0.4 is 0 Å². The summed E-state index contributed by atoms with van der Waals surface area (Å²) in [5.74, 6) is 1.32. The van der Waals surface area contributed by atoms with E-state index in [0.29, 0.717) is 11.8 Å². The predicted octanol–water partition coefficient (Wildman–Crippen LogP) is 2.93. The summed E-state index contributed by atoms with van der Waals surface area (Å²) < 4.78 is 0. The Bertz CT molecular complexity index is 550. The van der Waals surface area contributed by atoms with Crippen molar-refractivity contribution in [3.8, 4) is 0 Å². The van der Waals surface area contributed by atoms with E-state index in [2.05, 4.69) is 41.3 Å². The first kappa shape index (κ1) is 15.3. The van der Waals surface area contributed by atoms with Crippen molar-refractivity contribution in [2.75, 3.05) is 27.2 Å². The highest BCUT2D eigenvalue weighted by Gasteiger charge is 2.36. The Morgan fingerprint density at radius 1 is 1.23 bits per heavy atom. The quantitative estimate of drug-likeness (QED) is 0.856. The van der Waals surface area contributed by atoms with E-state index in [9.17, 15) is 4.79 Å². The number of carbonyl (C=O) groups is 1. The summed E-state index contributed by atoms with van der Waals surface area (Å²) in [4.78, 5) is 16.7. The zero-order valence-electron chi connectivity index (χ0n) is 13.7. The molecule has 1 aromatic carbocycles. The lowest BCUT2D eigenvalue weighted by Gasteiger charge is -2.41. The number of hydrogen-bond donors (Lipinski definition) is 0. The van der Waals surface area contributed by atoms with Gasteiger partial charge in [-0.3, -0.25) is 9.69 Å². The molecular formula is C19H26N2O. The van der Waals surface area contributed by atoms with Crippen molar-refractivity contribution >= 4 is 5.91 Å². The van der Waals surface area contributed by atoms with Gasteiger partial charge in [-0.2, -0.15) is 0 Å². The van der Waals surface area contributed by atoms with Crippen LogP contribution in [-0.2, 0) is 11.3 Å². The van der Waals surface area contributed by atoms with Crippen LogP contribution in [0.15, 0.2) is 42.0 Å². The summed E-state index contributed by atoms with van der Waals surface area (Å²) in [6.07, 6.45) is 5.58. The molecule has 1 heterocycles. The molecule has 1 aliphatic carbocycles. The average Bonchev–Trinajstić information content (AvgIpc) is 2.54. The van der Waals surface area contributed by atoms with Crippen LogP contribution in [0.3, 0.4) is 0 Å². The number of hydrogen-bond acceptors (Lipinski definition) is 2. The van der Waals surface area contributed by atoms with Crippen molar-refractivity contribution in [1.29, 1.82) is 0 Å². The number of amides is 1. The fourth-order valence-corrected chi connectivity index (χ4v) is 3.90. The maximum atomic E-state index is 12.4. The normalized spacial score (nSPS) is 25.3. The first-order valence-corrected chi connectivity index (χ1v) is 8.33. The number of likely N-dealkylation sites (tertiary alicyclic amines) is 1. The lowest BCUT2D eigenvalue weighted by atomic mass is 9.73. The van der Waals surface area contributed by atoms with Gasteiger partial charge < -0.3 is 4.90 Å². The Balaban J connectivity index is 1.65. The molecule has 0 bridgehead atoms. The van der Waals surface area contributed by atoms with E-state index < -0.39 is 0 Å². The third-order valence-corrected chi connectivity index (χ3v) is 5.02. The highest BCUT2D eigenvalue weighted by molar-refractivity contribution is 5.93. The van der Waals surface area contributed by atoms with Crippen molar-refractivity contribution in [3.05, 3.63) is 47.5 Å². The molecule has 2 atom stereocenters. The number of carbonyl (C=O) groups excluding carboxylic acids is 1. The first-order valence-electron chi connectivity index (χ1n) is 8.33. The molecule has 1 aliphatic heterocycles. The summed E-state index contributed by atoms with van der Waals surface area (Å²) in [6, 6.07) is 10.7. The SMILES string of the molecule is CN(C)C(=O)C1=CCC[C@H]2CN(Cc3ccccc3)CC[C@H]12. The minimum atomic E-state index is 0.214. The average molecular weight is 298 g/mol. The van der Waals surface area contributed by atoms with Gasteiger partial charge >= 0.3 is 0 Å². The Kier molecular flexibility index (Phi) is 4.63. The molecule has 3 heteroatoms. The predicted molar refractivity (Wildman–Crippen MR) is 89.3 cm³/mol. The van der Waals surface area contributed by atoms with Crippen LogP contribution in [0.5, 0.6) is 0 Å². The van der Waals surface area contributed by atoms with Gasteiger partial charge in [0.15, 0.2) is 0 Å². The van der Waals surface area contributed by atoms with Gasteiger partial charge in [0, 0.05) is 32.8 Å². The monoisotopic (exact) mass is 298 g/mol. The number of likely N-dealkylation sites (N-methyl/N-ethyl adjacent to an activating group) is 1. The Morgan fingerprint density at radius 3 is 2.73 bits per heavy atom. The number of nitrogens with zero attached hydrogens (tertiary/aromatic N) is 2.